The van der Waals surface area contributed by atoms with Gasteiger partial charge in [-0.1, -0.05) is 30.3 Å². The summed E-state index contributed by atoms with van der Waals surface area (Å²) < 4.78 is 6.40. The molecule has 2 aromatic rings. The summed E-state index contributed by atoms with van der Waals surface area (Å²) in [5.41, 5.74) is 0.349. The molecule has 6 nitrogen and oxygen atoms in total. The van der Waals surface area contributed by atoms with E-state index in [1.807, 2.05) is 37.3 Å². The van der Waals surface area contributed by atoms with Crippen molar-refractivity contribution in [3.8, 4) is 0 Å². The summed E-state index contributed by atoms with van der Waals surface area (Å²) in [7, 11) is 0. The lowest BCUT2D eigenvalue weighted by molar-refractivity contribution is -0.172. The number of fused-ring (bicyclic) bond motifs is 1. The predicted octanol–water partition coefficient (Wildman–Crippen LogP) is 4.72. The first-order valence-corrected chi connectivity index (χ1v) is 11.8. The van der Waals surface area contributed by atoms with Gasteiger partial charge in [0.2, 0.25) is 6.35 Å². The molecule has 168 valence electrons. The molecule has 2 heterocycles. The molecule has 0 saturated heterocycles. The van der Waals surface area contributed by atoms with Gasteiger partial charge in [-0.2, -0.15) is 0 Å². The first-order valence-electron chi connectivity index (χ1n) is 10.2. The lowest BCUT2D eigenvalue weighted by Crippen LogP contribution is -2.65. The Morgan fingerprint density at radius 2 is 1.81 bits per heavy atom. The smallest absolute Gasteiger partial charge is 0.332 e. The number of anilines is 1. The van der Waals surface area contributed by atoms with E-state index in [0.717, 1.165) is 14.9 Å². The van der Waals surface area contributed by atoms with Gasteiger partial charge in [-0.3, -0.25) is 9.69 Å². The summed E-state index contributed by atoms with van der Waals surface area (Å²) in [6.45, 7) is 10.9. The zero-order valence-corrected chi connectivity index (χ0v) is 21.1. The number of hydrogen-bond donors (Lipinski definition) is 1. The van der Waals surface area contributed by atoms with Crippen LogP contribution in [-0.4, -0.2) is 45.9 Å². The van der Waals surface area contributed by atoms with E-state index < -0.39 is 23.5 Å². The molecule has 0 spiro atoms. The Hall–Kier alpha value is -1.90. The van der Waals surface area contributed by atoms with Gasteiger partial charge in [-0.25, -0.2) is 4.79 Å². The molecule has 8 heteroatoms. The molecule has 1 atom stereocenters. The average molecular weight is 509 g/mol. The van der Waals surface area contributed by atoms with Crippen LogP contribution in [0.3, 0.4) is 0 Å². The Morgan fingerprint density at radius 3 is 2.39 bits per heavy atom. The molecule has 3 rings (SSSR count). The van der Waals surface area contributed by atoms with Gasteiger partial charge in [0.05, 0.1) is 9.35 Å². The second-order valence-electron chi connectivity index (χ2n) is 9.19. The largest absolute Gasteiger partial charge is 0.458 e. The zero-order chi connectivity index (χ0) is 23.1. The summed E-state index contributed by atoms with van der Waals surface area (Å²) in [4.78, 5) is 29.5. The number of rotatable bonds is 5. The van der Waals surface area contributed by atoms with E-state index in [9.17, 15) is 14.7 Å². The van der Waals surface area contributed by atoms with Gasteiger partial charge in [-0.05, 0) is 75.0 Å². The van der Waals surface area contributed by atoms with Gasteiger partial charge in [0.25, 0.3) is 5.91 Å². The number of esters is 1. The van der Waals surface area contributed by atoms with Gasteiger partial charge in [0.15, 0.2) is 0 Å². The van der Waals surface area contributed by atoms with Crippen molar-refractivity contribution in [2.45, 2.75) is 65.5 Å². The van der Waals surface area contributed by atoms with Gasteiger partial charge < -0.3 is 14.7 Å². The van der Waals surface area contributed by atoms with Crippen molar-refractivity contribution in [3.63, 3.8) is 0 Å². The van der Waals surface area contributed by atoms with Crippen molar-refractivity contribution >= 4 is 44.1 Å². The molecule has 0 fully saturated rings. The Balaban J connectivity index is 2.00. The average Bonchev–Trinajstić information content (AvgIpc) is 2.95. The molecule has 0 saturated carbocycles. The third-order valence-corrected chi connectivity index (χ3v) is 7.46. The number of benzene rings is 1. The monoisotopic (exact) mass is 508 g/mol. The summed E-state index contributed by atoms with van der Waals surface area (Å²) in [5.74, 6) is -0.945. The Kier molecular flexibility index (Phi) is 6.56. The maximum atomic E-state index is 13.5. The number of nitrogens with zero attached hydrogens (tertiary/aromatic N) is 2. The maximum absolute atomic E-state index is 13.5. The highest BCUT2D eigenvalue weighted by molar-refractivity contribution is 9.11. The van der Waals surface area contributed by atoms with Crippen LogP contribution < -0.4 is 4.90 Å². The molecule has 0 radical (unpaired) electrons. The van der Waals surface area contributed by atoms with Crippen LogP contribution in [0, 0.1) is 6.92 Å². The lowest BCUT2D eigenvalue weighted by Gasteiger charge is -2.47. The van der Waals surface area contributed by atoms with Crippen molar-refractivity contribution in [2.75, 3.05) is 11.4 Å². The topological polar surface area (TPSA) is 70.1 Å². The standard InChI is InChI=1S/C23H29BrN2O4S/c1-14-16-18(27)26(23(5,6)20(28)30-22(2,3)4)21(29)25(19(16)31-17(14)24)13-12-15-10-8-7-9-11-15/h7-11,21,29H,12-13H2,1-6H3. The van der Waals surface area contributed by atoms with E-state index in [4.69, 9.17) is 4.74 Å². The fourth-order valence-electron chi connectivity index (χ4n) is 3.55. The minimum absolute atomic E-state index is 0.381. The molecule has 1 aromatic heterocycles. The van der Waals surface area contributed by atoms with Crippen molar-refractivity contribution in [1.82, 2.24) is 4.90 Å². The molecule has 1 aliphatic heterocycles. The zero-order valence-electron chi connectivity index (χ0n) is 18.7. The van der Waals surface area contributed by atoms with Crippen molar-refractivity contribution in [2.24, 2.45) is 0 Å². The van der Waals surface area contributed by atoms with Crippen LogP contribution in [0.4, 0.5) is 5.00 Å². The van der Waals surface area contributed by atoms with Crippen molar-refractivity contribution in [1.29, 1.82) is 0 Å². The normalized spacial score (nSPS) is 17.0. The van der Waals surface area contributed by atoms with Crippen LogP contribution in [0.1, 0.15) is 56.1 Å². The predicted molar refractivity (Wildman–Crippen MR) is 126 cm³/mol. The fraction of sp³-hybridized carbons (Fsp3) is 0.478. The molecule has 31 heavy (non-hydrogen) atoms. The van der Waals surface area contributed by atoms with Gasteiger partial charge in [-0.15, -0.1) is 11.3 Å². The summed E-state index contributed by atoms with van der Waals surface area (Å²) in [6, 6.07) is 9.96. The third kappa shape index (κ3) is 4.66. The second kappa shape index (κ2) is 8.56. The van der Waals surface area contributed by atoms with Crippen molar-refractivity contribution in [3.05, 3.63) is 50.8 Å². The van der Waals surface area contributed by atoms with E-state index in [1.54, 1.807) is 39.5 Å². The molecule has 0 bridgehead atoms. The van der Waals surface area contributed by atoms with Crippen LogP contribution in [-0.2, 0) is 16.0 Å². The Morgan fingerprint density at radius 1 is 1.19 bits per heavy atom. The van der Waals surface area contributed by atoms with E-state index in [2.05, 4.69) is 15.9 Å². The summed E-state index contributed by atoms with van der Waals surface area (Å²) in [5, 5.41) is 12.0. The van der Waals surface area contributed by atoms with Gasteiger partial charge >= 0.3 is 5.97 Å². The third-order valence-electron chi connectivity index (χ3n) is 5.26. The molecular weight excluding hydrogens is 480 g/mol. The number of ether oxygens (including phenoxy) is 1. The highest BCUT2D eigenvalue weighted by Gasteiger charge is 2.50. The number of thiophene rings is 1. The summed E-state index contributed by atoms with van der Waals surface area (Å²) >= 11 is 4.95. The van der Waals surface area contributed by atoms with Crippen LogP contribution in [0.25, 0.3) is 0 Å². The number of carbonyl (C=O) groups excluding carboxylic acids is 2. The lowest BCUT2D eigenvalue weighted by atomic mass is 9.98. The SMILES string of the molecule is Cc1c(Br)sc2c1C(=O)N(C(C)(C)C(=O)OC(C)(C)C)C(O)N2CCc1ccccc1. The molecule has 1 amide bonds. The molecule has 1 aliphatic rings. The Labute approximate surface area is 195 Å². The van der Waals surface area contributed by atoms with E-state index in [0.29, 0.717) is 23.5 Å². The molecule has 0 aliphatic carbocycles. The maximum Gasteiger partial charge on any atom is 0.332 e. The van der Waals surface area contributed by atoms with Crippen molar-refractivity contribution < 1.29 is 19.4 Å². The highest BCUT2D eigenvalue weighted by Crippen LogP contribution is 2.45. The first kappa shape index (κ1) is 23.8. The number of aliphatic hydroxyl groups excluding tert-OH is 1. The fourth-order valence-corrected chi connectivity index (χ4v) is 5.28. The highest BCUT2D eigenvalue weighted by atomic mass is 79.9. The number of amides is 1. The van der Waals surface area contributed by atoms with Gasteiger partial charge in [0, 0.05) is 6.54 Å². The number of hydrogen-bond acceptors (Lipinski definition) is 6. The Bertz CT molecular complexity index is 981. The van der Waals surface area contributed by atoms with E-state index >= 15 is 0 Å². The van der Waals surface area contributed by atoms with Gasteiger partial charge in [0.1, 0.15) is 16.1 Å². The second-order valence-corrected chi connectivity index (χ2v) is 11.5. The molecule has 1 aromatic carbocycles. The molecule has 1 N–H and O–H groups in total. The number of halogens is 1. The number of carbonyl (C=O) groups is 2. The van der Waals surface area contributed by atoms with Crippen LogP contribution in [0.15, 0.2) is 34.1 Å². The quantitative estimate of drug-likeness (QED) is 0.591. The minimum Gasteiger partial charge on any atom is -0.458 e. The first-order chi connectivity index (χ1) is 14.3. The van der Waals surface area contributed by atoms with E-state index in [-0.39, 0.29) is 5.91 Å². The minimum atomic E-state index is -1.37. The molecular formula is C23H29BrN2O4S. The molecule has 1 unspecified atom stereocenters. The van der Waals surface area contributed by atoms with Crippen LogP contribution >= 0.6 is 27.3 Å². The van der Waals surface area contributed by atoms with E-state index in [1.165, 1.54) is 16.2 Å². The van der Waals surface area contributed by atoms with Crippen LogP contribution in [0.5, 0.6) is 0 Å². The number of aliphatic hydroxyl groups is 1. The van der Waals surface area contributed by atoms with Crippen LogP contribution in [0.2, 0.25) is 0 Å². The summed E-state index contributed by atoms with van der Waals surface area (Å²) in [6.07, 6.45) is -0.614.